The first-order valence-electron chi connectivity index (χ1n) is 5.78. The van der Waals surface area contributed by atoms with E-state index in [0.717, 1.165) is 24.3 Å². The Balaban J connectivity index is 2.02. The van der Waals surface area contributed by atoms with E-state index in [4.69, 9.17) is 4.42 Å². The third-order valence-corrected chi connectivity index (χ3v) is 2.48. The van der Waals surface area contributed by atoms with Crippen LogP contribution in [0.15, 0.2) is 34.7 Å². The number of aromatic nitrogens is 2. The third-order valence-electron chi connectivity index (χ3n) is 2.48. The van der Waals surface area contributed by atoms with Crippen LogP contribution < -0.4 is 0 Å². The summed E-state index contributed by atoms with van der Waals surface area (Å²) < 4.78 is 5.59. The van der Waals surface area contributed by atoms with E-state index in [1.807, 2.05) is 30.3 Å². The molecule has 3 heteroatoms. The van der Waals surface area contributed by atoms with Crippen molar-refractivity contribution in [2.24, 2.45) is 0 Å². The molecule has 16 heavy (non-hydrogen) atoms. The summed E-state index contributed by atoms with van der Waals surface area (Å²) in [4.78, 5) is 0. The molecule has 0 saturated heterocycles. The number of hydrogen-bond acceptors (Lipinski definition) is 3. The molecule has 0 unspecified atom stereocenters. The van der Waals surface area contributed by atoms with Crippen LogP contribution >= 0.6 is 0 Å². The molecule has 0 radical (unpaired) electrons. The number of benzene rings is 1. The Morgan fingerprint density at radius 1 is 1.06 bits per heavy atom. The van der Waals surface area contributed by atoms with Crippen LogP contribution in [0.4, 0.5) is 0 Å². The Morgan fingerprint density at radius 2 is 1.88 bits per heavy atom. The zero-order chi connectivity index (χ0) is 11.2. The van der Waals surface area contributed by atoms with Crippen molar-refractivity contribution in [3.63, 3.8) is 0 Å². The first kappa shape index (κ1) is 10.9. The summed E-state index contributed by atoms with van der Waals surface area (Å²) in [7, 11) is 0. The number of unbranched alkanes of at least 4 members (excludes halogenated alkanes) is 2. The molecule has 2 aromatic rings. The lowest BCUT2D eigenvalue weighted by Crippen LogP contribution is -1.84. The van der Waals surface area contributed by atoms with Crippen molar-refractivity contribution in [2.75, 3.05) is 0 Å². The molecule has 1 heterocycles. The predicted octanol–water partition coefficient (Wildman–Crippen LogP) is 3.47. The highest BCUT2D eigenvalue weighted by atomic mass is 16.4. The largest absolute Gasteiger partial charge is 0.421 e. The van der Waals surface area contributed by atoms with Gasteiger partial charge in [0, 0.05) is 12.0 Å². The van der Waals surface area contributed by atoms with Gasteiger partial charge in [-0.1, -0.05) is 38.0 Å². The maximum absolute atomic E-state index is 5.59. The van der Waals surface area contributed by atoms with Crippen LogP contribution in [0.1, 0.15) is 32.1 Å². The second-order valence-electron chi connectivity index (χ2n) is 3.82. The van der Waals surface area contributed by atoms with Gasteiger partial charge >= 0.3 is 0 Å². The second-order valence-corrected chi connectivity index (χ2v) is 3.82. The fourth-order valence-corrected chi connectivity index (χ4v) is 1.58. The molecule has 0 amide bonds. The van der Waals surface area contributed by atoms with Crippen LogP contribution in [0, 0.1) is 0 Å². The fourth-order valence-electron chi connectivity index (χ4n) is 1.58. The summed E-state index contributed by atoms with van der Waals surface area (Å²) in [5.74, 6) is 1.36. The Bertz CT molecular complexity index is 423. The van der Waals surface area contributed by atoms with Gasteiger partial charge in [0.2, 0.25) is 11.8 Å². The fraction of sp³-hybridized carbons (Fsp3) is 0.385. The minimum Gasteiger partial charge on any atom is -0.421 e. The standard InChI is InChI=1S/C13H16N2O/c1-2-3-5-10-12-14-15-13(16-12)11-8-6-4-7-9-11/h4,6-9H,2-3,5,10H2,1H3. The lowest BCUT2D eigenvalue weighted by molar-refractivity contribution is 0.492. The lowest BCUT2D eigenvalue weighted by Gasteiger charge is -1.93. The molecule has 1 aromatic carbocycles. The molecule has 0 aliphatic heterocycles. The predicted molar refractivity (Wildman–Crippen MR) is 63.0 cm³/mol. The van der Waals surface area contributed by atoms with Gasteiger partial charge in [-0.2, -0.15) is 0 Å². The number of aryl methyl sites for hydroxylation is 1. The van der Waals surface area contributed by atoms with Gasteiger partial charge in [0.25, 0.3) is 0 Å². The number of hydrogen-bond donors (Lipinski definition) is 0. The molecule has 0 atom stereocenters. The summed E-state index contributed by atoms with van der Waals surface area (Å²) in [6.45, 7) is 2.18. The van der Waals surface area contributed by atoms with Crippen LogP contribution in [-0.4, -0.2) is 10.2 Å². The maximum atomic E-state index is 5.59. The SMILES string of the molecule is CCCCCc1nnc(-c2ccccc2)o1. The van der Waals surface area contributed by atoms with Crippen molar-refractivity contribution < 1.29 is 4.42 Å². The van der Waals surface area contributed by atoms with E-state index in [-0.39, 0.29) is 0 Å². The molecule has 0 N–H and O–H groups in total. The van der Waals surface area contributed by atoms with Crippen molar-refractivity contribution in [1.82, 2.24) is 10.2 Å². The Labute approximate surface area is 95.5 Å². The molecule has 2 rings (SSSR count). The maximum Gasteiger partial charge on any atom is 0.247 e. The molecule has 1 aromatic heterocycles. The van der Waals surface area contributed by atoms with Gasteiger partial charge in [0.1, 0.15) is 0 Å². The van der Waals surface area contributed by atoms with E-state index < -0.39 is 0 Å². The van der Waals surface area contributed by atoms with Gasteiger partial charge in [0.15, 0.2) is 0 Å². The number of nitrogens with zero attached hydrogens (tertiary/aromatic N) is 2. The van der Waals surface area contributed by atoms with Crippen molar-refractivity contribution in [3.8, 4) is 11.5 Å². The average molecular weight is 216 g/mol. The van der Waals surface area contributed by atoms with E-state index in [1.165, 1.54) is 12.8 Å². The summed E-state index contributed by atoms with van der Waals surface area (Å²) in [6, 6.07) is 9.86. The molecule has 0 saturated carbocycles. The van der Waals surface area contributed by atoms with Crippen molar-refractivity contribution >= 4 is 0 Å². The van der Waals surface area contributed by atoms with Gasteiger partial charge in [-0.15, -0.1) is 10.2 Å². The average Bonchev–Trinajstić information content (AvgIpc) is 2.79. The summed E-state index contributed by atoms with van der Waals surface area (Å²) in [5.41, 5.74) is 0.983. The van der Waals surface area contributed by atoms with E-state index in [2.05, 4.69) is 17.1 Å². The summed E-state index contributed by atoms with van der Waals surface area (Å²) in [6.07, 6.45) is 4.42. The Hall–Kier alpha value is -1.64. The molecule has 0 fully saturated rings. The lowest BCUT2D eigenvalue weighted by atomic mass is 10.2. The monoisotopic (exact) mass is 216 g/mol. The van der Waals surface area contributed by atoms with Crippen molar-refractivity contribution in [1.29, 1.82) is 0 Å². The van der Waals surface area contributed by atoms with Gasteiger partial charge in [-0.3, -0.25) is 0 Å². The van der Waals surface area contributed by atoms with Gasteiger partial charge in [-0.05, 0) is 18.6 Å². The molecule has 3 nitrogen and oxygen atoms in total. The minimum absolute atomic E-state index is 0.618. The molecule has 0 spiro atoms. The molecular weight excluding hydrogens is 200 g/mol. The minimum atomic E-state index is 0.618. The van der Waals surface area contributed by atoms with Crippen molar-refractivity contribution in [2.45, 2.75) is 32.6 Å². The molecule has 0 aliphatic rings. The highest BCUT2D eigenvalue weighted by molar-refractivity contribution is 5.51. The van der Waals surface area contributed by atoms with Crippen LogP contribution in [0.3, 0.4) is 0 Å². The quantitative estimate of drug-likeness (QED) is 0.718. The number of rotatable bonds is 5. The smallest absolute Gasteiger partial charge is 0.247 e. The van der Waals surface area contributed by atoms with Crippen LogP contribution in [0.2, 0.25) is 0 Å². The second kappa shape index (κ2) is 5.45. The Morgan fingerprint density at radius 3 is 2.62 bits per heavy atom. The molecule has 84 valence electrons. The zero-order valence-electron chi connectivity index (χ0n) is 9.52. The van der Waals surface area contributed by atoms with Crippen LogP contribution in [0.5, 0.6) is 0 Å². The summed E-state index contributed by atoms with van der Waals surface area (Å²) >= 11 is 0. The van der Waals surface area contributed by atoms with E-state index in [1.54, 1.807) is 0 Å². The van der Waals surface area contributed by atoms with Gasteiger partial charge < -0.3 is 4.42 Å². The van der Waals surface area contributed by atoms with Gasteiger partial charge in [0.05, 0.1) is 0 Å². The highest BCUT2D eigenvalue weighted by Crippen LogP contribution is 2.17. The van der Waals surface area contributed by atoms with E-state index in [9.17, 15) is 0 Å². The van der Waals surface area contributed by atoms with Gasteiger partial charge in [-0.25, -0.2) is 0 Å². The van der Waals surface area contributed by atoms with Crippen LogP contribution in [0.25, 0.3) is 11.5 Å². The molecular formula is C13H16N2O. The topological polar surface area (TPSA) is 38.9 Å². The zero-order valence-corrected chi connectivity index (χ0v) is 9.52. The van der Waals surface area contributed by atoms with Crippen molar-refractivity contribution in [3.05, 3.63) is 36.2 Å². The molecule has 0 bridgehead atoms. The Kier molecular flexibility index (Phi) is 3.70. The van der Waals surface area contributed by atoms with Crippen LogP contribution in [-0.2, 0) is 6.42 Å². The normalized spacial score (nSPS) is 10.6. The first-order chi connectivity index (χ1) is 7.90. The molecule has 0 aliphatic carbocycles. The first-order valence-corrected chi connectivity index (χ1v) is 5.78. The third kappa shape index (κ3) is 2.69. The van der Waals surface area contributed by atoms with E-state index >= 15 is 0 Å². The van der Waals surface area contributed by atoms with E-state index in [0.29, 0.717) is 5.89 Å². The summed E-state index contributed by atoms with van der Waals surface area (Å²) in [5, 5.41) is 8.10. The highest BCUT2D eigenvalue weighted by Gasteiger charge is 2.06.